The molecule has 1 heterocycles. The van der Waals surface area contributed by atoms with Crippen LogP contribution in [0, 0.1) is 0 Å². The second kappa shape index (κ2) is 9.48. The highest BCUT2D eigenvalue weighted by atomic mass is 79.9. The van der Waals surface area contributed by atoms with E-state index in [0.717, 1.165) is 5.56 Å². The predicted octanol–water partition coefficient (Wildman–Crippen LogP) is 3.14. The van der Waals surface area contributed by atoms with Crippen LogP contribution in [0.4, 0.5) is 5.69 Å². The quantitative estimate of drug-likeness (QED) is 0.688. The highest BCUT2D eigenvalue weighted by Crippen LogP contribution is 2.26. The highest BCUT2D eigenvalue weighted by molar-refractivity contribution is 9.10. The molecule has 1 amide bonds. The molecule has 146 valence electrons. The normalized spacial score (nSPS) is 14.2. The molecule has 0 radical (unpaired) electrons. The fourth-order valence-corrected chi connectivity index (χ4v) is 3.14. The molecule has 2 aromatic carbocycles. The van der Waals surface area contributed by atoms with E-state index in [-0.39, 0.29) is 18.1 Å². The molecular formula is C20H19BrN2O5. The maximum absolute atomic E-state index is 12.2. The lowest BCUT2D eigenvalue weighted by molar-refractivity contribution is -0.137. The summed E-state index contributed by atoms with van der Waals surface area (Å²) in [5, 5.41) is 9.03. The van der Waals surface area contributed by atoms with Gasteiger partial charge in [-0.25, -0.2) is 4.79 Å². The monoisotopic (exact) mass is 446 g/mol. The van der Waals surface area contributed by atoms with E-state index in [2.05, 4.69) is 20.9 Å². The number of carbonyl (C=O) groups excluding carboxylic acids is 1. The summed E-state index contributed by atoms with van der Waals surface area (Å²) in [5.74, 6) is -0.501. The van der Waals surface area contributed by atoms with Gasteiger partial charge in [0.05, 0.1) is 28.9 Å². The van der Waals surface area contributed by atoms with E-state index in [4.69, 9.17) is 14.6 Å². The van der Waals surface area contributed by atoms with Crippen LogP contribution >= 0.6 is 15.9 Å². The standard InChI is InChI=1S/C20H19BrN2O5/c21-17-10-14(12-22-16-3-1-2-15(11-16)20(25)26)4-5-18(17)28-13-19(24)23-6-8-27-9-7-23/h1-5,10-12H,6-9,13H2,(H,25,26). The number of nitrogens with zero attached hydrogens (tertiary/aromatic N) is 2. The molecule has 0 spiro atoms. The van der Waals surface area contributed by atoms with Crippen molar-refractivity contribution >= 4 is 39.7 Å². The number of rotatable bonds is 6. The summed E-state index contributed by atoms with van der Waals surface area (Å²) in [6, 6.07) is 11.8. The van der Waals surface area contributed by atoms with Gasteiger partial charge in [0.2, 0.25) is 0 Å². The van der Waals surface area contributed by atoms with Crippen molar-refractivity contribution < 1.29 is 24.2 Å². The van der Waals surface area contributed by atoms with Crippen molar-refractivity contribution in [1.82, 2.24) is 4.90 Å². The summed E-state index contributed by atoms with van der Waals surface area (Å²) < 4.78 is 11.6. The number of hydrogen-bond acceptors (Lipinski definition) is 5. The molecule has 0 aliphatic carbocycles. The van der Waals surface area contributed by atoms with E-state index < -0.39 is 5.97 Å². The van der Waals surface area contributed by atoms with Crippen molar-refractivity contribution in [3.05, 3.63) is 58.1 Å². The molecule has 8 heteroatoms. The maximum atomic E-state index is 12.2. The molecule has 28 heavy (non-hydrogen) atoms. The first-order valence-corrected chi connectivity index (χ1v) is 9.47. The van der Waals surface area contributed by atoms with Gasteiger partial charge >= 0.3 is 5.97 Å². The SMILES string of the molecule is O=C(O)c1cccc(N=Cc2ccc(OCC(=O)N3CCOCC3)c(Br)c2)c1. The van der Waals surface area contributed by atoms with E-state index in [1.807, 2.05) is 12.1 Å². The van der Waals surface area contributed by atoms with Crippen LogP contribution in [0.1, 0.15) is 15.9 Å². The van der Waals surface area contributed by atoms with Crippen molar-refractivity contribution in [2.75, 3.05) is 32.9 Å². The van der Waals surface area contributed by atoms with Gasteiger partial charge in [-0.1, -0.05) is 6.07 Å². The van der Waals surface area contributed by atoms with Gasteiger partial charge in [0.1, 0.15) is 5.75 Å². The van der Waals surface area contributed by atoms with Gasteiger partial charge in [0.15, 0.2) is 6.61 Å². The summed E-state index contributed by atoms with van der Waals surface area (Å²) >= 11 is 3.44. The molecule has 1 aliphatic heterocycles. The Morgan fingerprint density at radius 3 is 2.71 bits per heavy atom. The van der Waals surface area contributed by atoms with Gasteiger partial charge in [-0.2, -0.15) is 0 Å². The van der Waals surface area contributed by atoms with Crippen molar-refractivity contribution in [1.29, 1.82) is 0 Å². The largest absolute Gasteiger partial charge is 0.483 e. The minimum absolute atomic E-state index is 0.0337. The number of carbonyl (C=O) groups is 2. The van der Waals surface area contributed by atoms with E-state index in [0.29, 0.717) is 42.2 Å². The number of amides is 1. The third-order valence-corrected chi connectivity index (χ3v) is 4.75. The van der Waals surface area contributed by atoms with E-state index in [9.17, 15) is 9.59 Å². The zero-order valence-electron chi connectivity index (χ0n) is 15.0. The minimum atomic E-state index is -0.993. The van der Waals surface area contributed by atoms with Crippen LogP contribution in [0.25, 0.3) is 0 Å². The van der Waals surface area contributed by atoms with Crippen LogP contribution in [0.5, 0.6) is 5.75 Å². The van der Waals surface area contributed by atoms with E-state index in [1.165, 1.54) is 12.1 Å². The summed E-state index contributed by atoms with van der Waals surface area (Å²) in [6.45, 7) is 2.25. The lowest BCUT2D eigenvalue weighted by Gasteiger charge is -2.26. The molecule has 0 saturated carbocycles. The Bertz CT molecular complexity index is 894. The number of halogens is 1. The second-order valence-corrected chi connectivity index (χ2v) is 6.94. The van der Waals surface area contributed by atoms with Crippen LogP contribution in [-0.4, -0.2) is 61.0 Å². The molecule has 0 aromatic heterocycles. The van der Waals surface area contributed by atoms with Crippen molar-refractivity contribution in [2.45, 2.75) is 0 Å². The minimum Gasteiger partial charge on any atom is -0.483 e. The second-order valence-electron chi connectivity index (χ2n) is 6.09. The fraction of sp³-hybridized carbons (Fsp3) is 0.250. The summed E-state index contributed by atoms with van der Waals surface area (Å²) in [5.41, 5.74) is 1.54. The molecule has 2 aromatic rings. The molecule has 0 bridgehead atoms. The average Bonchev–Trinajstić information content (AvgIpc) is 2.72. The van der Waals surface area contributed by atoms with Gasteiger partial charge in [-0.05, 0) is 57.9 Å². The Labute approximate surface area is 170 Å². The predicted molar refractivity (Wildman–Crippen MR) is 108 cm³/mol. The third-order valence-electron chi connectivity index (χ3n) is 4.13. The van der Waals surface area contributed by atoms with Gasteiger partial charge in [-0.15, -0.1) is 0 Å². The molecule has 1 fully saturated rings. The Morgan fingerprint density at radius 1 is 1.21 bits per heavy atom. The summed E-state index contributed by atoms with van der Waals surface area (Å²) in [7, 11) is 0. The number of benzene rings is 2. The van der Waals surface area contributed by atoms with Crippen LogP contribution in [-0.2, 0) is 9.53 Å². The van der Waals surface area contributed by atoms with Crippen LogP contribution in [0.2, 0.25) is 0 Å². The van der Waals surface area contributed by atoms with Crippen molar-refractivity contribution in [3.8, 4) is 5.75 Å². The first-order valence-electron chi connectivity index (χ1n) is 8.68. The van der Waals surface area contributed by atoms with Gasteiger partial charge in [0, 0.05) is 19.3 Å². The zero-order valence-corrected chi connectivity index (χ0v) is 16.6. The fourth-order valence-electron chi connectivity index (χ4n) is 2.63. The number of carboxylic acids is 1. The average molecular weight is 447 g/mol. The first-order chi connectivity index (χ1) is 13.5. The molecule has 0 atom stereocenters. The van der Waals surface area contributed by atoms with Crippen LogP contribution < -0.4 is 4.74 Å². The zero-order chi connectivity index (χ0) is 19.9. The summed E-state index contributed by atoms with van der Waals surface area (Å²) in [6.07, 6.45) is 1.63. The molecule has 1 saturated heterocycles. The Balaban J connectivity index is 1.61. The maximum Gasteiger partial charge on any atom is 0.335 e. The highest BCUT2D eigenvalue weighted by Gasteiger charge is 2.17. The topological polar surface area (TPSA) is 88.4 Å². The Hall–Kier alpha value is -2.71. The number of aromatic carboxylic acids is 1. The molecular weight excluding hydrogens is 428 g/mol. The van der Waals surface area contributed by atoms with Crippen molar-refractivity contribution in [2.24, 2.45) is 4.99 Å². The molecule has 1 N–H and O–H groups in total. The lowest BCUT2D eigenvalue weighted by atomic mass is 10.2. The Morgan fingerprint density at radius 2 is 2.00 bits per heavy atom. The van der Waals surface area contributed by atoms with Gasteiger partial charge < -0.3 is 19.5 Å². The van der Waals surface area contributed by atoms with E-state index >= 15 is 0 Å². The van der Waals surface area contributed by atoms with Gasteiger partial charge in [-0.3, -0.25) is 9.79 Å². The lowest BCUT2D eigenvalue weighted by Crippen LogP contribution is -2.43. The molecule has 3 rings (SSSR count). The molecule has 1 aliphatic rings. The first kappa shape index (κ1) is 20.0. The number of aliphatic imine (C=N–C) groups is 1. The van der Waals surface area contributed by atoms with Crippen molar-refractivity contribution in [3.63, 3.8) is 0 Å². The third kappa shape index (κ3) is 5.40. The smallest absolute Gasteiger partial charge is 0.335 e. The number of morpholine rings is 1. The Kier molecular flexibility index (Phi) is 6.78. The van der Waals surface area contributed by atoms with E-state index in [1.54, 1.807) is 29.3 Å². The molecule has 7 nitrogen and oxygen atoms in total. The van der Waals surface area contributed by atoms with Crippen LogP contribution in [0.3, 0.4) is 0 Å². The van der Waals surface area contributed by atoms with Gasteiger partial charge in [0.25, 0.3) is 5.91 Å². The van der Waals surface area contributed by atoms with Crippen LogP contribution in [0.15, 0.2) is 51.9 Å². The summed E-state index contributed by atoms with van der Waals surface area (Å²) in [4.78, 5) is 29.2. The number of hydrogen-bond donors (Lipinski definition) is 1. The number of ether oxygens (including phenoxy) is 2. The molecule has 0 unspecified atom stereocenters. The number of carboxylic acid groups (broad SMARTS) is 1.